The average molecular weight is 402 g/mol. The van der Waals surface area contributed by atoms with E-state index in [1.165, 1.54) is 0 Å². The Morgan fingerprint density at radius 2 is 2.17 bits per heavy atom. The Morgan fingerprint density at radius 3 is 2.75 bits per heavy atom. The molecule has 2 N–H and O–H groups in total. The molecule has 0 aliphatic carbocycles. The minimum atomic E-state index is -0.675. The maximum atomic E-state index is 12.3. The van der Waals surface area contributed by atoms with Crippen LogP contribution in [0.3, 0.4) is 0 Å². The van der Waals surface area contributed by atoms with Crippen LogP contribution < -0.4 is 10.5 Å². The van der Waals surface area contributed by atoms with Crippen molar-refractivity contribution in [2.24, 2.45) is 0 Å². The zero-order valence-electron chi connectivity index (χ0n) is 14.6. The van der Waals surface area contributed by atoms with Gasteiger partial charge in [-0.25, -0.2) is 9.78 Å². The Hall–Kier alpha value is -1.54. The summed E-state index contributed by atoms with van der Waals surface area (Å²) in [6.07, 6.45) is 0.810. The number of ether oxygens (including phenoxy) is 3. The number of nitrogens with two attached hydrogens (primary N) is 1. The first-order valence-electron chi connectivity index (χ1n) is 7.65. The van der Waals surface area contributed by atoms with E-state index < -0.39 is 23.4 Å². The minimum absolute atomic E-state index is 0.285. The smallest absolute Gasteiger partial charge is 0.410 e. The zero-order chi connectivity index (χ0) is 18.1. The Kier molecular flexibility index (Phi) is 5.29. The van der Waals surface area contributed by atoms with Crippen LogP contribution in [-0.2, 0) is 9.47 Å². The SMILES string of the molecule is COC1(C)CN(C(=O)OC(C)(C)C)CC1Oc1cc(Br)cnc1N. The summed E-state index contributed by atoms with van der Waals surface area (Å²) < 4.78 is 17.8. The van der Waals surface area contributed by atoms with E-state index in [1.54, 1.807) is 24.3 Å². The summed E-state index contributed by atoms with van der Waals surface area (Å²) in [5, 5.41) is 0. The van der Waals surface area contributed by atoms with Gasteiger partial charge in [0.15, 0.2) is 11.6 Å². The molecule has 1 fully saturated rings. The van der Waals surface area contributed by atoms with Gasteiger partial charge in [0.2, 0.25) is 0 Å². The summed E-state index contributed by atoms with van der Waals surface area (Å²) >= 11 is 3.35. The summed E-state index contributed by atoms with van der Waals surface area (Å²) in [7, 11) is 1.59. The van der Waals surface area contributed by atoms with Gasteiger partial charge in [-0.2, -0.15) is 0 Å². The van der Waals surface area contributed by atoms with Gasteiger partial charge in [-0.15, -0.1) is 0 Å². The van der Waals surface area contributed by atoms with Crippen molar-refractivity contribution in [2.45, 2.75) is 45.0 Å². The molecule has 2 heterocycles. The summed E-state index contributed by atoms with van der Waals surface area (Å²) in [6, 6.07) is 1.74. The van der Waals surface area contributed by atoms with Gasteiger partial charge in [-0.1, -0.05) is 0 Å². The highest BCUT2D eigenvalue weighted by Gasteiger charge is 2.48. The lowest BCUT2D eigenvalue weighted by Crippen LogP contribution is -2.44. The topological polar surface area (TPSA) is 86.9 Å². The van der Waals surface area contributed by atoms with Gasteiger partial charge in [0.05, 0.1) is 13.1 Å². The molecule has 2 atom stereocenters. The number of anilines is 1. The first-order valence-corrected chi connectivity index (χ1v) is 8.44. The lowest BCUT2D eigenvalue weighted by molar-refractivity contribution is -0.0490. The molecule has 0 bridgehead atoms. The fourth-order valence-electron chi connectivity index (χ4n) is 2.44. The number of rotatable bonds is 3. The van der Waals surface area contributed by atoms with E-state index in [4.69, 9.17) is 19.9 Å². The summed E-state index contributed by atoms with van der Waals surface area (Å²) in [5.74, 6) is 0.732. The summed E-state index contributed by atoms with van der Waals surface area (Å²) in [4.78, 5) is 18.0. The van der Waals surface area contributed by atoms with Crippen molar-refractivity contribution >= 4 is 27.8 Å². The van der Waals surface area contributed by atoms with Crippen molar-refractivity contribution < 1.29 is 19.0 Å². The maximum absolute atomic E-state index is 12.3. The second kappa shape index (κ2) is 6.76. The highest BCUT2D eigenvalue weighted by molar-refractivity contribution is 9.10. The second-order valence-electron chi connectivity index (χ2n) is 7.02. The molecule has 1 aliphatic heterocycles. The standard InChI is InChI=1S/C16H24BrN3O4/c1-15(2,3)24-14(21)20-8-12(16(4,9-20)22-5)23-11-6-10(17)7-19-13(11)18/h6-7,12H,8-9H2,1-5H3,(H2,18,19). The van der Waals surface area contributed by atoms with E-state index >= 15 is 0 Å². The van der Waals surface area contributed by atoms with Crippen LogP contribution in [0.5, 0.6) is 5.75 Å². The molecule has 0 saturated carbocycles. The molecule has 1 aliphatic rings. The van der Waals surface area contributed by atoms with Crippen molar-refractivity contribution in [2.75, 3.05) is 25.9 Å². The number of nitrogen functional groups attached to an aromatic ring is 1. The lowest BCUT2D eigenvalue weighted by Gasteiger charge is -2.29. The fraction of sp³-hybridized carbons (Fsp3) is 0.625. The van der Waals surface area contributed by atoms with Gasteiger partial charge in [0.25, 0.3) is 0 Å². The number of pyridine rings is 1. The van der Waals surface area contributed by atoms with Gasteiger partial charge >= 0.3 is 6.09 Å². The molecular weight excluding hydrogens is 378 g/mol. The minimum Gasteiger partial charge on any atom is -0.482 e. The van der Waals surface area contributed by atoms with Gasteiger partial charge < -0.3 is 24.8 Å². The van der Waals surface area contributed by atoms with Crippen molar-refractivity contribution in [1.29, 1.82) is 0 Å². The summed E-state index contributed by atoms with van der Waals surface area (Å²) in [5.41, 5.74) is 4.64. The average Bonchev–Trinajstić information content (AvgIpc) is 2.79. The number of methoxy groups -OCH3 is 1. The molecule has 8 heteroatoms. The van der Waals surface area contributed by atoms with Crippen LogP contribution in [0.1, 0.15) is 27.7 Å². The number of halogens is 1. The number of likely N-dealkylation sites (tertiary alicyclic amines) is 1. The van der Waals surface area contributed by atoms with Crippen molar-refractivity contribution in [3.05, 3.63) is 16.7 Å². The molecule has 0 aromatic carbocycles. The van der Waals surface area contributed by atoms with E-state index in [-0.39, 0.29) is 5.82 Å². The molecule has 134 valence electrons. The molecular formula is C16H24BrN3O4. The van der Waals surface area contributed by atoms with Gasteiger partial charge in [-0.3, -0.25) is 0 Å². The molecule has 2 unspecified atom stereocenters. The molecule has 1 aromatic rings. The third-order valence-corrected chi connectivity index (χ3v) is 4.24. The van der Waals surface area contributed by atoms with Crippen LogP contribution in [0, 0.1) is 0 Å². The van der Waals surface area contributed by atoms with Gasteiger partial charge in [0.1, 0.15) is 17.3 Å². The molecule has 1 aromatic heterocycles. The zero-order valence-corrected chi connectivity index (χ0v) is 16.2. The first kappa shape index (κ1) is 18.8. The second-order valence-corrected chi connectivity index (χ2v) is 7.94. The van der Waals surface area contributed by atoms with E-state index in [0.29, 0.717) is 18.8 Å². The lowest BCUT2D eigenvalue weighted by atomic mass is 10.0. The maximum Gasteiger partial charge on any atom is 0.410 e. The van der Waals surface area contributed by atoms with Gasteiger partial charge in [0, 0.05) is 17.8 Å². The number of nitrogens with zero attached hydrogens (tertiary/aromatic N) is 2. The Labute approximate surface area is 150 Å². The van der Waals surface area contributed by atoms with Crippen molar-refractivity contribution in [1.82, 2.24) is 9.88 Å². The largest absolute Gasteiger partial charge is 0.482 e. The number of hydrogen-bond donors (Lipinski definition) is 1. The quantitative estimate of drug-likeness (QED) is 0.837. The van der Waals surface area contributed by atoms with Crippen LogP contribution in [-0.4, -0.2) is 53.5 Å². The molecule has 0 radical (unpaired) electrons. The van der Waals surface area contributed by atoms with E-state index in [0.717, 1.165) is 4.47 Å². The number of hydrogen-bond acceptors (Lipinski definition) is 6. The van der Waals surface area contributed by atoms with Gasteiger partial charge in [-0.05, 0) is 49.7 Å². The normalized spacial score (nSPS) is 24.1. The highest BCUT2D eigenvalue weighted by Crippen LogP contribution is 2.32. The van der Waals surface area contributed by atoms with E-state index in [9.17, 15) is 4.79 Å². The van der Waals surface area contributed by atoms with Crippen LogP contribution in [0.15, 0.2) is 16.7 Å². The van der Waals surface area contributed by atoms with Crippen LogP contribution in [0.25, 0.3) is 0 Å². The number of amides is 1. The molecule has 24 heavy (non-hydrogen) atoms. The number of carbonyl (C=O) groups excluding carboxylic acids is 1. The van der Waals surface area contributed by atoms with Crippen LogP contribution >= 0.6 is 15.9 Å². The summed E-state index contributed by atoms with van der Waals surface area (Å²) in [6.45, 7) is 8.09. The molecule has 2 rings (SSSR count). The van der Waals surface area contributed by atoms with Crippen LogP contribution in [0.2, 0.25) is 0 Å². The Bertz CT molecular complexity index is 620. The highest BCUT2D eigenvalue weighted by atomic mass is 79.9. The monoisotopic (exact) mass is 401 g/mol. The Balaban J connectivity index is 2.17. The predicted octanol–water partition coefficient (Wildman–Crippen LogP) is 2.83. The molecule has 7 nitrogen and oxygen atoms in total. The van der Waals surface area contributed by atoms with Crippen LogP contribution in [0.4, 0.5) is 10.6 Å². The third kappa shape index (κ3) is 4.30. The van der Waals surface area contributed by atoms with Crippen molar-refractivity contribution in [3.8, 4) is 5.75 Å². The third-order valence-electron chi connectivity index (χ3n) is 3.81. The first-order chi connectivity index (χ1) is 11.0. The Morgan fingerprint density at radius 1 is 1.50 bits per heavy atom. The predicted molar refractivity (Wildman–Crippen MR) is 94.0 cm³/mol. The van der Waals surface area contributed by atoms with Crippen molar-refractivity contribution in [3.63, 3.8) is 0 Å². The number of aromatic nitrogens is 1. The van der Waals surface area contributed by atoms with E-state index in [1.807, 2.05) is 27.7 Å². The molecule has 1 amide bonds. The number of carbonyl (C=O) groups is 1. The fourth-order valence-corrected chi connectivity index (χ4v) is 2.75. The molecule has 1 saturated heterocycles. The molecule has 0 spiro atoms. The van der Waals surface area contributed by atoms with E-state index in [2.05, 4.69) is 20.9 Å².